The molecule has 0 saturated carbocycles. The van der Waals surface area contributed by atoms with Crippen LogP contribution in [0.15, 0.2) is 6.33 Å². The first-order chi connectivity index (χ1) is 10.5. The van der Waals surface area contributed by atoms with Gasteiger partial charge in [0.05, 0.1) is 6.33 Å². The molecular formula is C9H16N5O8P. The summed E-state index contributed by atoms with van der Waals surface area (Å²) in [6, 6.07) is 0. The molecule has 13 nitrogen and oxygen atoms in total. The predicted octanol–water partition coefficient (Wildman–Crippen LogP) is -3.20. The normalized spacial score (nSPS) is 29.6. The molecule has 130 valence electrons. The lowest BCUT2D eigenvalue weighted by Gasteiger charge is -2.21. The van der Waals surface area contributed by atoms with Gasteiger partial charge in [0.15, 0.2) is 12.5 Å². The molecule has 5 atom stereocenters. The van der Waals surface area contributed by atoms with Gasteiger partial charge in [0, 0.05) is 0 Å². The Hall–Kier alpha value is -1.57. The molecule has 1 aliphatic rings. The lowest BCUT2D eigenvalue weighted by atomic mass is 10.1. The number of rotatable bonds is 5. The molecule has 1 fully saturated rings. The van der Waals surface area contributed by atoms with E-state index in [1.165, 1.54) is 0 Å². The molecule has 0 amide bonds. The second-order valence-electron chi connectivity index (χ2n) is 4.76. The van der Waals surface area contributed by atoms with Crippen LogP contribution in [0.1, 0.15) is 11.9 Å². The Bertz CT molecular complexity index is 646. The lowest BCUT2D eigenvalue weighted by Crippen LogP contribution is -2.39. The van der Waals surface area contributed by atoms with Crippen LogP contribution in [0.5, 0.6) is 0 Å². The summed E-state index contributed by atoms with van der Waals surface area (Å²) in [4.78, 5) is 21.0. The summed E-state index contributed by atoms with van der Waals surface area (Å²) in [6.45, 7) is 0. The van der Waals surface area contributed by atoms with Crippen LogP contribution >= 0.6 is 7.82 Å². The van der Waals surface area contributed by atoms with E-state index in [0.29, 0.717) is 0 Å². The highest BCUT2D eigenvalue weighted by molar-refractivity contribution is 7.46. The number of phosphoric acid groups is 1. The van der Waals surface area contributed by atoms with Gasteiger partial charge in [0.2, 0.25) is 0 Å². The zero-order chi connectivity index (χ0) is 17.5. The van der Waals surface area contributed by atoms with Crippen molar-refractivity contribution in [3.8, 4) is 0 Å². The van der Waals surface area contributed by atoms with Gasteiger partial charge < -0.3 is 41.3 Å². The van der Waals surface area contributed by atoms with Crippen LogP contribution in [-0.2, 0) is 13.8 Å². The summed E-state index contributed by atoms with van der Waals surface area (Å²) in [5.41, 5.74) is 10.9. The number of nitrogens with two attached hydrogens (primary N) is 2. The van der Waals surface area contributed by atoms with Crippen molar-refractivity contribution in [2.45, 2.75) is 30.8 Å². The van der Waals surface area contributed by atoms with E-state index in [9.17, 15) is 19.9 Å². The van der Waals surface area contributed by atoms with Gasteiger partial charge in [-0.25, -0.2) is 9.55 Å². The lowest BCUT2D eigenvalue weighted by molar-refractivity contribution is -0.161. The minimum Gasteiger partial charge on any atom is -0.387 e. The van der Waals surface area contributed by atoms with Crippen LogP contribution in [-0.4, -0.2) is 65.1 Å². The molecule has 2 rings (SSSR count). The number of ether oxygens (including phenoxy) is 1. The van der Waals surface area contributed by atoms with Crippen LogP contribution in [0.3, 0.4) is 0 Å². The maximum absolute atomic E-state index is 10.7. The molecule has 1 aromatic heterocycles. The number of aliphatic hydroxyl groups is 3. The quantitative estimate of drug-likeness (QED) is 0.114. The second kappa shape index (κ2) is 6.14. The molecule has 23 heavy (non-hydrogen) atoms. The smallest absolute Gasteiger partial charge is 0.387 e. The number of anilines is 1. The number of amidine groups is 1. The Labute approximate surface area is 128 Å². The third-order valence-electron chi connectivity index (χ3n) is 3.16. The Morgan fingerprint density at radius 2 is 2.09 bits per heavy atom. The number of nitrogen functional groups attached to an aromatic ring is 2. The van der Waals surface area contributed by atoms with E-state index in [0.717, 1.165) is 10.9 Å². The molecule has 0 aromatic carbocycles. The SMILES string of the molecule is N=C(N)c1ncn([C@@H]2O[C@H](C(O)OP(=O)(O)O)[C@@H](O)[C@H]2O)c1N. The molecule has 0 bridgehead atoms. The summed E-state index contributed by atoms with van der Waals surface area (Å²) in [5, 5.41) is 36.7. The van der Waals surface area contributed by atoms with E-state index in [1.54, 1.807) is 0 Å². The standard InChI is InChI=1S/C9H16N5O8P/c10-6(11)2-7(12)14(1-13-2)8-4(16)3(15)5(21-8)9(17)22-23(18,19)20/h1,3-5,8-9,15-17H,12H2,(H3,10,11)(H2,18,19,20)/t3-,4+,5-,8+,9?/m0/s1. The van der Waals surface area contributed by atoms with Crippen LogP contribution in [0.4, 0.5) is 5.82 Å². The van der Waals surface area contributed by atoms with E-state index in [2.05, 4.69) is 9.51 Å². The second-order valence-corrected chi connectivity index (χ2v) is 5.95. The van der Waals surface area contributed by atoms with E-state index < -0.39 is 44.5 Å². The number of phosphoric ester groups is 1. The average molecular weight is 353 g/mol. The summed E-state index contributed by atoms with van der Waals surface area (Å²) >= 11 is 0. The maximum atomic E-state index is 10.7. The number of nitrogens with zero attached hydrogens (tertiary/aromatic N) is 2. The van der Waals surface area contributed by atoms with Crippen LogP contribution < -0.4 is 11.5 Å². The predicted molar refractivity (Wildman–Crippen MR) is 72.7 cm³/mol. The van der Waals surface area contributed by atoms with Crippen molar-refractivity contribution in [1.82, 2.24) is 9.55 Å². The Balaban J connectivity index is 2.23. The number of aromatic nitrogens is 2. The maximum Gasteiger partial charge on any atom is 0.472 e. The molecule has 1 aromatic rings. The number of nitrogens with one attached hydrogen (secondary N) is 1. The molecule has 14 heteroatoms. The van der Waals surface area contributed by atoms with Gasteiger partial charge in [-0.15, -0.1) is 0 Å². The highest BCUT2D eigenvalue weighted by atomic mass is 31.2. The van der Waals surface area contributed by atoms with Crippen molar-refractivity contribution < 1.29 is 38.9 Å². The fourth-order valence-corrected chi connectivity index (χ4v) is 2.53. The molecule has 1 aliphatic heterocycles. The summed E-state index contributed by atoms with van der Waals surface area (Å²) in [7, 11) is -5.04. The third-order valence-corrected chi connectivity index (χ3v) is 3.65. The minimum absolute atomic E-state index is 0.0780. The molecule has 2 heterocycles. The van der Waals surface area contributed by atoms with Crippen molar-refractivity contribution >= 4 is 19.5 Å². The van der Waals surface area contributed by atoms with Crippen LogP contribution in [0.25, 0.3) is 0 Å². The highest BCUT2D eigenvalue weighted by Crippen LogP contribution is 2.41. The first-order valence-corrected chi connectivity index (χ1v) is 7.66. The van der Waals surface area contributed by atoms with E-state index in [1.807, 2.05) is 0 Å². The van der Waals surface area contributed by atoms with Crippen molar-refractivity contribution in [3.63, 3.8) is 0 Å². The first kappa shape index (κ1) is 17.8. The molecular weight excluding hydrogens is 337 g/mol. The van der Waals surface area contributed by atoms with Gasteiger partial charge in [-0.05, 0) is 0 Å². The summed E-state index contributed by atoms with van der Waals surface area (Å²) in [6.07, 6.45) is -7.47. The van der Waals surface area contributed by atoms with Crippen LogP contribution in [0.2, 0.25) is 0 Å². The highest BCUT2D eigenvalue weighted by Gasteiger charge is 2.49. The van der Waals surface area contributed by atoms with Gasteiger partial charge in [-0.1, -0.05) is 0 Å². The fourth-order valence-electron chi connectivity index (χ4n) is 2.13. The molecule has 0 radical (unpaired) electrons. The van der Waals surface area contributed by atoms with Crippen molar-refractivity contribution in [2.24, 2.45) is 5.73 Å². The molecule has 0 aliphatic carbocycles. The Kier molecular flexibility index (Phi) is 4.75. The fraction of sp³-hybridized carbons (Fsp3) is 0.556. The molecule has 1 saturated heterocycles. The van der Waals surface area contributed by atoms with Crippen molar-refractivity contribution in [1.29, 1.82) is 5.41 Å². The van der Waals surface area contributed by atoms with Gasteiger partial charge in [0.1, 0.15) is 35.7 Å². The topological polar surface area (TPSA) is 230 Å². The van der Waals surface area contributed by atoms with Gasteiger partial charge in [0.25, 0.3) is 0 Å². The molecule has 10 N–H and O–H groups in total. The zero-order valence-corrected chi connectivity index (χ0v) is 12.3. The largest absolute Gasteiger partial charge is 0.472 e. The minimum atomic E-state index is -5.04. The van der Waals surface area contributed by atoms with E-state index in [-0.39, 0.29) is 11.5 Å². The van der Waals surface area contributed by atoms with E-state index in [4.69, 9.17) is 31.4 Å². The van der Waals surface area contributed by atoms with Gasteiger partial charge in [-0.2, -0.15) is 0 Å². The Morgan fingerprint density at radius 1 is 1.48 bits per heavy atom. The Morgan fingerprint density at radius 3 is 2.57 bits per heavy atom. The number of aliphatic hydroxyl groups excluding tert-OH is 3. The average Bonchev–Trinajstić information content (AvgIpc) is 2.90. The number of hydrogen-bond acceptors (Lipinski definition) is 9. The summed E-state index contributed by atoms with van der Waals surface area (Å²) < 4.78 is 20.9. The van der Waals surface area contributed by atoms with Crippen LogP contribution in [0, 0.1) is 5.41 Å². The number of imidazole rings is 1. The van der Waals surface area contributed by atoms with Crippen molar-refractivity contribution in [3.05, 3.63) is 12.0 Å². The van der Waals surface area contributed by atoms with E-state index >= 15 is 0 Å². The summed E-state index contributed by atoms with van der Waals surface area (Å²) in [5.74, 6) is -0.574. The molecule has 0 spiro atoms. The molecule has 1 unspecified atom stereocenters. The van der Waals surface area contributed by atoms with Gasteiger partial charge >= 0.3 is 7.82 Å². The van der Waals surface area contributed by atoms with Gasteiger partial charge in [-0.3, -0.25) is 14.5 Å². The third kappa shape index (κ3) is 3.52. The first-order valence-electron chi connectivity index (χ1n) is 6.13. The number of hydrogen-bond donors (Lipinski definition) is 8. The zero-order valence-electron chi connectivity index (χ0n) is 11.4. The monoisotopic (exact) mass is 353 g/mol. The van der Waals surface area contributed by atoms with Crippen molar-refractivity contribution in [2.75, 3.05) is 5.73 Å².